The Labute approximate surface area is 91.9 Å². The Kier molecular flexibility index (Phi) is 2.28. The summed E-state index contributed by atoms with van der Waals surface area (Å²) >= 11 is 5.98. The van der Waals surface area contributed by atoms with Crippen molar-refractivity contribution in [2.75, 3.05) is 5.73 Å². The lowest BCUT2D eigenvalue weighted by Crippen LogP contribution is -1.96. The molecule has 3 N–H and O–H groups in total. The van der Waals surface area contributed by atoms with Crippen LogP contribution in [0.4, 0.5) is 5.82 Å². The fraction of sp³-hybridized carbons (Fsp3) is 0.100. The zero-order valence-corrected chi connectivity index (χ0v) is 8.86. The number of aromatic hydroxyl groups is 1. The number of benzene rings is 1. The first kappa shape index (κ1) is 9.86. The minimum atomic E-state index is 0.0978. The molecule has 0 radical (unpaired) electrons. The van der Waals surface area contributed by atoms with E-state index in [2.05, 4.69) is 5.10 Å². The first-order valence-corrected chi connectivity index (χ1v) is 4.75. The monoisotopic (exact) mass is 223 g/mol. The first-order valence-electron chi connectivity index (χ1n) is 4.37. The largest absolute Gasteiger partial charge is 0.507 e. The Morgan fingerprint density at radius 1 is 1.47 bits per heavy atom. The number of nitrogens with zero attached hydrogens (tertiary/aromatic N) is 2. The van der Waals surface area contributed by atoms with Gasteiger partial charge in [0.05, 0.1) is 16.3 Å². The second kappa shape index (κ2) is 3.47. The zero-order chi connectivity index (χ0) is 11.0. The minimum Gasteiger partial charge on any atom is -0.507 e. The van der Waals surface area contributed by atoms with Gasteiger partial charge in [-0.3, -0.25) is 4.68 Å². The number of phenols is 1. The van der Waals surface area contributed by atoms with Crippen LogP contribution >= 0.6 is 11.6 Å². The molecule has 0 aliphatic carbocycles. The molecule has 0 aliphatic heterocycles. The molecule has 0 atom stereocenters. The number of hydrogen-bond acceptors (Lipinski definition) is 3. The fourth-order valence-electron chi connectivity index (χ4n) is 1.37. The highest BCUT2D eigenvalue weighted by atomic mass is 35.5. The van der Waals surface area contributed by atoms with Crippen LogP contribution in [0.2, 0.25) is 5.02 Å². The van der Waals surface area contributed by atoms with Gasteiger partial charge in [0.2, 0.25) is 0 Å². The van der Waals surface area contributed by atoms with Gasteiger partial charge in [-0.15, -0.1) is 0 Å². The Hall–Kier alpha value is -1.68. The summed E-state index contributed by atoms with van der Waals surface area (Å²) in [5.74, 6) is 0.616. The standard InChI is InChI=1S/C10H10ClN3O/c1-14-9(12)5-7(13-14)10-6(11)3-2-4-8(10)15/h2-5,15H,12H2,1H3. The topological polar surface area (TPSA) is 64.1 Å². The van der Waals surface area contributed by atoms with Crippen molar-refractivity contribution in [1.82, 2.24) is 9.78 Å². The van der Waals surface area contributed by atoms with Gasteiger partial charge >= 0.3 is 0 Å². The normalized spacial score (nSPS) is 10.5. The molecule has 15 heavy (non-hydrogen) atoms. The van der Waals surface area contributed by atoms with Crippen molar-refractivity contribution < 1.29 is 5.11 Å². The quantitative estimate of drug-likeness (QED) is 0.778. The summed E-state index contributed by atoms with van der Waals surface area (Å²) in [5.41, 5.74) is 6.73. The van der Waals surface area contributed by atoms with Crippen LogP contribution in [0.5, 0.6) is 5.75 Å². The van der Waals surface area contributed by atoms with Gasteiger partial charge in [-0.25, -0.2) is 0 Å². The second-order valence-corrected chi connectivity index (χ2v) is 3.62. The van der Waals surface area contributed by atoms with Crippen molar-refractivity contribution >= 4 is 17.4 Å². The molecule has 0 saturated heterocycles. The molecule has 2 rings (SSSR count). The van der Waals surface area contributed by atoms with E-state index in [0.29, 0.717) is 22.1 Å². The third-order valence-corrected chi connectivity index (χ3v) is 2.48. The first-order chi connectivity index (χ1) is 7.09. The number of nitrogens with two attached hydrogens (primary N) is 1. The number of halogens is 1. The lowest BCUT2D eigenvalue weighted by molar-refractivity contribution is 0.477. The van der Waals surface area contributed by atoms with E-state index in [1.54, 1.807) is 31.3 Å². The van der Waals surface area contributed by atoms with Gasteiger partial charge in [-0.05, 0) is 12.1 Å². The predicted octanol–water partition coefficient (Wildman–Crippen LogP) is 2.03. The van der Waals surface area contributed by atoms with E-state index in [4.69, 9.17) is 17.3 Å². The lowest BCUT2D eigenvalue weighted by Gasteiger charge is -2.02. The summed E-state index contributed by atoms with van der Waals surface area (Å²) in [6.07, 6.45) is 0. The summed E-state index contributed by atoms with van der Waals surface area (Å²) in [7, 11) is 1.73. The fourth-order valence-corrected chi connectivity index (χ4v) is 1.64. The molecule has 1 heterocycles. The van der Waals surface area contributed by atoms with Crippen molar-refractivity contribution in [2.24, 2.45) is 7.05 Å². The molecule has 0 spiro atoms. The van der Waals surface area contributed by atoms with Crippen LogP contribution in [-0.2, 0) is 7.05 Å². The zero-order valence-electron chi connectivity index (χ0n) is 8.11. The van der Waals surface area contributed by atoms with Crippen molar-refractivity contribution in [1.29, 1.82) is 0 Å². The van der Waals surface area contributed by atoms with E-state index in [9.17, 15) is 5.11 Å². The lowest BCUT2D eigenvalue weighted by atomic mass is 10.1. The molecule has 0 bridgehead atoms. The molecule has 5 heteroatoms. The molecule has 78 valence electrons. The van der Waals surface area contributed by atoms with E-state index in [1.165, 1.54) is 4.68 Å². The predicted molar refractivity (Wildman–Crippen MR) is 59.7 cm³/mol. The third kappa shape index (κ3) is 1.64. The Bertz CT molecular complexity index is 468. The molecule has 2 aromatic rings. The van der Waals surface area contributed by atoms with Gasteiger partial charge in [0.15, 0.2) is 0 Å². The SMILES string of the molecule is Cn1nc(-c2c(O)cccc2Cl)cc1N. The van der Waals surface area contributed by atoms with Crippen LogP contribution in [0.15, 0.2) is 24.3 Å². The summed E-state index contributed by atoms with van der Waals surface area (Å²) < 4.78 is 1.53. The van der Waals surface area contributed by atoms with E-state index in [-0.39, 0.29) is 5.75 Å². The van der Waals surface area contributed by atoms with Crippen molar-refractivity contribution in [2.45, 2.75) is 0 Å². The van der Waals surface area contributed by atoms with Gasteiger partial charge in [0, 0.05) is 13.1 Å². The molecule has 0 saturated carbocycles. The van der Waals surface area contributed by atoms with Gasteiger partial charge < -0.3 is 10.8 Å². The van der Waals surface area contributed by atoms with Crippen LogP contribution in [-0.4, -0.2) is 14.9 Å². The maximum absolute atomic E-state index is 9.67. The highest BCUT2D eigenvalue weighted by Gasteiger charge is 2.12. The molecular formula is C10H10ClN3O. The van der Waals surface area contributed by atoms with Crippen LogP contribution in [0.3, 0.4) is 0 Å². The summed E-state index contributed by atoms with van der Waals surface area (Å²) in [4.78, 5) is 0. The van der Waals surface area contributed by atoms with E-state index in [0.717, 1.165) is 0 Å². The number of aromatic nitrogens is 2. The maximum atomic E-state index is 9.67. The van der Waals surface area contributed by atoms with Gasteiger partial charge in [0.25, 0.3) is 0 Å². The molecule has 1 aromatic heterocycles. The van der Waals surface area contributed by atoms with E-state index < -0.39 is 0 Å². The highest BCUT2D eigenvalue weighted by Crippen LogP contribution is 2.35. The smallest absolute Gasteiger partial charge is 0.126 e. The number of nitrogen functional groups attached to an aromatic ring is 1. The Morgan fingerprint density at radius 3 is 2.73 bits per heavy atom. The van der Waals surface area contributed by atoms with Crippen LogP contribution in [0.25, 0.3) is 11.3 Å². The van der Waals surface area contributed by atoms with E-state index >= 15 is 0 Å². The molecule has 4 nitrogen and oxygen atoms in total. The third-order valence-electron chi connectivity index (χ3n) is 2.16. The van der Waals surface area contributed by atoms with Gasteiger partial charge in [-0.2, -0.15) is 5.10 Å². The summed E-state index contributed by atoms with van der Waals surface area (Å²) in [6, 6.07) is 6.60. The Balaban J connectivity index is 2.63. The van der Waals surface area contributed by atoms with Crippen molar-refractivity contribution in [3.63, 3.8) is 0 Å². The second-order valence-electron chi connectivity index (χ2n) is 3.21. The van der Waals surface area contributed by atoms with Crippen LogP contribution in [0, 0.1) is 0 Å². The minimum absolute atomic E-state index is 0.0978. The number of phenolic OH excluding ortho intramolecular Hbond substituents is 1. The molecule has 1 aromatic carbocycles. The van der Waals surface area contributed by atoms with Crippen molar-refractivity contribution in [3.05, 3.63) is 29.3 Å². The number of rotatable bonds is 1. The maximum Gasteiger partial charge on any atom is 0.126 e. The van der Waals surface area contributed by atoms with Gasteiger partial charge in [-0.1, -0.05) is 17.7 Å². The molecule has 0 aliphatic rings. The van der Waals surface area contributed by atoms with Crippen LogP contribution < -0.4 is 5.73 Å². The van der Waals surface area contributed by atoms with Gasteiger partial charge in [0.1, 0.15) is 11.6 Å². The molecule has 0 unspecified atom stereocenters. The summed E-state index contributed by atoms with van der Waals surface area (Å²) in [6.45, 7) is 0. The number of anilines is 1. The number of hydrogen-bond donors (Lipinski definition) is 2. The Morgan fingerprint density at radius 2 is 2.20 bits per heavy atom. The van der Waals surface area contributed by atoms with E-state index in [1.807, 2.05) is 0 Å². The van der Waals surface area contributed by atoms with Crippen LogP contribution in [0.1, 0.15) is 0 Å². The molecule has 0 fully saturated rings. The summed E-state index contributed by atoms with van der Waals surface area (Å²) in [5, 5.41) is 14.3. The average molecular weight is 224 g/mol. The van der Waals surface area contributed by atoms with Crippen molar-refractivity contribution in [3.8, 4) is 17.0 Å². The number of aryl methyl sites for hydroxylation is 1. The average Bonchev–Trinajstić information content (AvgIpc) is 2.46. The molecular weight excluding hydrogens is 214 g/mol. The highest BCUT2D eigenvalue weighted by molar-refractivity contribution is 6.33. The molecule has 0 amide bonds.